The first-order valence-electron chi connectivity index (χ1n) is 12.5. The van der Waals surface area contributed by atoms with Crippen molar-refractivity contribution in [3.05, 3.63) is 65.7 Å². The second kappa shape index (κ2) is 13.2. The van der Waals surface area contributed by atoms with Crippen LogP contribution in [0.2, 0.25) is 0 Å². The normalized spacial score (nSPS) is 14.1. The number of carbonyl (C=O) groups is 5. The van der Waals surface area contributed by atoms with Gasteiger partial charge in [-0.3, -0.25) is 24.1 Å². The van der Waals surface area contributed by atoms with Crippen LogP contribution in [0.15, 0.2) is 54.6 Å². The number of rotatable bonds is 9. The van der Waals surface area contributed by atoms with Gasteiger partial charge in [-0.2, -0.15) is 0 Å². The van der Waals surface area contributed by atoms with Crippen LogP contribution in [-0.4, -0.2) is 74.3 Å². The SMILES string of the molecule is COc1ccc(NCCNc2ccc3c4c(cccc24)C(=O)N(CC(=O)ON2C(=O)CCC2=O)C3=O)cc1.[B]NS. The van der Waals surface area contributed by atoms with Crippen LogP contribution < -0.4 is 20.0 Å². The average Bonchev–Trinajstić information content (AvgIpc) is 3.29. The molecule has 41 heavy (non-hydrogen) atoms. The summed E-state index contributed by atoms with van der Waals surface area (Å²) in [6, 6.07) is 16.0. The third-order valence-electron chi connectivity index (χ3n) is 6.34. The summed E-state index contributed by atoms with van der Waals surface area (Å²) in [6.07, 6.45) is -0.117. The van der Waals surface area contributed by atoms with Crippen molar-refractivity contribution >= 4 is 72.5 Å². The van der Waals surface area contributed by atoms with Gasteiger partial charge in [0.05, 0.1) is 7.11 Å². The summed E-state index contributed by atoms with van der Waals surface area (Å²) < 4.78 is 7.11. The van der Waals surface area contributed by atoms with Crippen molar-refractivity contribution in [3.63, 3.8) is 0 Å². The molecule has 2 aliphatic heterocycles. The number of amides is 4. The molecule has 3 aromatic carbocycles. The standard InChI is InChI=1S/C27H24N4O7.BH2NS/c1-37-17-7-5-16(6-8-17)28-13-14-29-21-10-9-20-25-18(21)3-2-4-19(25)26(35)30(27(20)36)15-24(34)38-31-22(32)11-12-23(31)33;1-2-3/h2-10,28-29H,11-15H2,1H3;2-3H. The number of hydrogen-bond donors (Lipinski definition) is 4. The quantitative estimate of drug-likeness (QED) is 0.130. The van der Waals surface area contributed by atoms with Crippen molar-refractivity contribution < 1.29 is 33.5 Å². The number of ether oxygens (including phenoxy) is 1. The number of methoxy groups -OCH3 is 1. The molecule has 0 bridgehead atoms. The van der Waals surface area contributed by atoms with Crippen molar-refractivity contribution in [2.45, 2.75) is 12.8 Å². The van der Waals surface area contributed by atoms with Gasteiger partial charge in [0.15, 0.2) is 7.98 Å². The lowest BCUT2D eigenvalue weighted by Gasteiger charge is -2.27. The van der Waals surface area contributed by atoms with E-state index in [0.29, 0.717) is 28.9 Å². The molecule has 0 spiro atoms. The third kappa shape index (κ3) is 6.44. The fraction of sp³-hybridized carbons (Fsp3) is 0.222. The van der Waals surface area contributed by atoms with Crippen LogP contribution in [0.1, 0.15) is 33.6 Å². The van der Waals surface area contributed by atoms with Gasteiger partial charge in [0.25, 0.3) is 23.6 Å². The first-order valence-corrected chi connectivity index (χ1v) is 12.9. The number of hydroxylamine groups is 2. The van der Waals surface area contributed by atoms with Gasteiger partial charge in [-0.1, -0.05) is 12.1 Å². The largest absolute Gasteiger partial charge is 0.497 e. The van der Waals surface area contributed by atoms with Crippen LogP contribution in [0.3, 0.4) is 0 Å². The van der Waals surface area contributed by atoms with Gasteiger partial charge < -0.3 is 24.8 Å². The van der Waals surface area contributed by atoms with E-state index in [2.05, 4.69) is 31.4 Å². The highest BCUT2D eigenvalue weighted by atomic mass is 32.1. The van der Waals surface area contributed by atoms with Crippen molar-refractivity contribution in [2.24, 2.45) is 0 Å². The Bertz CT molecular complexity index is 1460. The fourth-order valence-corrected chi connectivity index (χ4v) is 4.47. The number of carbonyl (C=O) groups excluding carboxylic acids is 5. The second-order valence-electron chi connectivity index (χ2n) is 8.84. The molecule has 0 unspecified atom stereocenters. The number of nitrogens with one attached hydrogen (secondary N) is 3. The summed E-state index contributed by atoms with van der Waals surface area (Å²) >= 11 is 3.32. The summed E-state index contributed by atoms with van der Waals surface area (Å²) in [5, 5.41) is 8.22. The smallest absolute Gasteiger partial charge is 0.352 e. The minimum absolute atomic E-state index is 0.0586. The predicted molar refractivity (Wildman–Crippen MR) is 154 cm³/mol. The van der Waals surface area contributed by atoms with E-state index in [1.54, 1.807) is 31.4 Å². The third-order valence-corrected chi connectivity index (χ3v) is 6.34. The van der Waals surface area contributed by atoms with E-state index in [9.17, 15) is 24.0 Å². The maximum Gasteiger partial charge on any atom is 0.352 e. The molecule has 4 amide bonds. The molecule has 12 nitrogen and oxygen atoms in total. The molecule has 2 aliphatic rings. The fourth-order valence-electron chi connectivity index (χ4n) is 4.47. The molecular formula is C27H26BN5O7S. The zero-order chi connectivity index (χ0) is 29.5. The minimum atomic E-state index is -1.06. The Morgan fingerprint density at radius 3 is 2.15 bits per heavy atom. The zero-order valence-corrected chi connectivity index (χ0v) is 22.9. The summed E-state index contributed by atoms with van der Waals surface area (Å²) in [4.78, 5) is 67.8. The highest BCUT2D eigenvalue weighted by Crippen LogP contribution is 2.34. The molecule has 1 saturated heterocycles. The molecule has 0 aromatic heterocycles. The lowest BCUT2D eigenvalue weighted by Crippen LogP contribution is -2.45. The van der Waals surface area contributed by atoms with Crippen molar-refractivity contribution in [1.29, 1.82) is 0 Å². The minimum Gasteiger partial charge on any atom is -0.497 e. The Morgan fingerprint density at radius 1 is 0.902 bits per heavy atom. The van der Waals surface area contributed by atoms with Gasteiger partial charge in [0.1, 0.15) is 12.3 Å². The molecule has 0 atom stereocenters. The number of imide groups is 2. The summed E-state index contributed by atoms with van der Waals surface area (Å²) in [6.45, 7) is 0.450. The van der Waals surface area contributed by atoms with Crippen LogP contribution >= 0.6 is 12.8 Å². The van der Waals surface area contributed by atoms with E-state index in [0.717, 1.165) is 22.0 Å². The maximum absolute atomic E-state index is 13.2. The van der Waals surface area contributed by atoms with Crippen molar-refractivity contribution in [1.82, 2.24) is 14.6 Å². The molecule has 210 valence electrons. The Balaban J connectivity index is 0.00000124. The average molecular weight is 575 g/mol. The van der Waals surface area contributed by atoms with Crippen molar-refractivity contribution in [3.8, 4) is 5.75 Å². The first kappa shape index (κ1) is 29.4. The van der Waals surface area contributed by atoms with E-state index in [-0.39, 0.29) is 24.0 Å². The Labute approximate surface area is 242 Å². The Kier molecular flexibility index (Phi) is 9.47. The summed E-state index contributed by atoms with van der Waals surface area (Å²) in [5.41, 5.74) is 2.22. The van der Waals surface area contributed by atoms with Crippen LogP contribution in [0.25, 0.3) is 10.8 Å². The summed E-state index contributed by atoms with van der Waals surface area (Å²) in [7, 11) is 6.07. The van der Waals surface area contributed by atoms with Gasteiger partial charge in [0.2, 0.25) is 0 Å². The number of hydrogen-bond acceptors (Lipinski definition) is 11. The van der Waals surface area contributed by atoms with Gasteiger partial charge in [0, 0.05) is 59.2 Å². The predicted octanol–water partition coefficient (Wildman–Crippen LogP) is 2.08. The number of anilines is 2. The molecule has 2 heterocycles. The molecule has 1 fully saturated rings. The first-order chi connectivity index (χ1) is 19.8. The lowest BCUT2D eigenvalue weighted by molar-refractivity contribution is -0.197. The highest BCUT2D eigenvalue weighted by Gasteiger charge is 2.37. The van der Waals surface area contributed by atoms with Crippen LogP contribution in [-0.2, 0) is 19.2 Å². The van der Waals surface area contributed by atoms with E-state index < -0.39 is 36.1 Å². The van der Waals surface area contributed by atoms with Crippen LogP contribution in [0, 0.1) is 0 Å². The number of thiol groups is 1. The molecule has 2 radical (unpaired) electrons. The second-order valence-corrected chi connectivity index (χ2v) is 9.10. The van der Waals surface area contributed by atoms with E-state index >= 15 is 0 Å². The van der Waals surface area contributed by atoms with E-state index in [1.165, 1.54) is 0 Å². The van der Waals surface area contributed by atoms with Gasteiger partial charge in [-0.15, -0.1) is 17.9 Å². The lowest BCUT2D eigenvalue weighted by atomic mass is 9.93. The Hall–Kier alpha value is -4.56. The molecule has 3 aromatic rings. The van der Waals surface area contributed by atoms with E-state index in [4.69, 9.17) is 9.57 Å². The molecule has 14 heteroatoms. The number of nitrogens with zero attached hydrogens (tertiary/aromatic N) is 2. The van der Waals surface area contributed by atoms with Crippen molar-refractivity contribution in [2.75, 3.05) is 37.4 Å². The summed E-state index contributed by atoms with van der Waals surface area (Å²) in [5.74, 6) is -2.91. The molecule has 3 N–H and O–H groups in total. The van der Waals surface area contributed by atoms with Gasteiger partial charge >= 0.3 is 5.97 Å². The molecule has 0 saturated carbocycles. The molecule has 5 rings (SSSR count). The van der Waals surface area contributed by atoms with Crippen LogP contribution in [0.5, 0.6) is 5.75 Å². The monoisotopic (exact) mass is 575 g/mol. The highest BCUT2D eigenvalue weighted by molar-refractivity contribution is 7.79. The number of benzene rings is 3. The topological polar surface area (TPSA) is 146 Å². The van der Waals surface area contributed by atoms with E-state index in [1.807, 2.05) is 35.0 Å². The zero-order valence-electron chi connectivity index (χ0n) is 22.0. The molecular weight excluding hydrogens is 549 g/mol. The van der Waals surface area contributed by atoms with Gasteiger partial charge in [-0.25, -0.2) is 4.79 Å². The maximum atomic E-state index is 13.2. The Morgan fingerprint density at radius 2 is 1.51 bits per heavy atom. The van der Waals surface area contributed by atoms with Crippen LogP contribution in [0.4, 0.5) is 11.4 Å². The molecule has 0 aliphatic carbocycles. The van der Waals surface area contributed by atoms with Gasteiger partial charge in [-0.05, 0) is 42.5 Å².